The van der Waals surface area contributed by atoms with E-state index in [2.05, 4.69) is 36.3 Å². The number of hydrogen-bond acceptors (Lipinski definition) is 5. The van der Waals surface area contributed by atoms with Crippen LogP contribution in [0.1, 0.15) is 27.7 Å². The number of nitrogens with zero attached hydrogens (tertiary/aromatic N) is 2. The summed E-state index contributed by atoms with van der Waals surface area (Å²) in [6, 6.07) is 0. The van der Waals surface area contributed by atoms with Gasteiger partial charge in [0.15, 0.2) is 0 Å². The van der Waals surface area contributed by atoms with Crippen LogP contribution >= 0.6 is 36.1 Å². The standard InChI is InChI=1S/C9H20N2S3/c1-5-10(6-2)13-9(12)14-11(7-3)8-4/h5-8H2,1-4H3. The Labute approximate surface area is 102 Å². The Morgan fingerprint density at radius 3 is 1.36 bits per heavy atom. The molecule has 5 heteroatoms. The van der Waals surface area contributed by atoms with Gasteiger partial charge >= 0.3 is 0 Å². The fraction of sp³-hybridized carbons (Fsp3) is 0.889. The minimum absolute atomic E-state index is 0.998. The highest BCUT2D eigenvalue weighted by molar-refractivity contribution is 8.45. The van der Waals surface area contributed by atoms with E-state index in [-0.39, 0.29) is 0 Å². The van der Waals surface area contributed by atoms with Crippen LogP contribution in [0, 0.1) is 0 Å². The molecule has 0 aliphatic carbocycles. The lowest BCUT2D eigenvalue weighted by molar-refractivity contribution is 0.527. The highest BCUT2D eigenvalue weighted by Crippen LogP contribution is 2.23. The SMILES string of the molecule is CCN(CC)SC(=S)SN(CC)CC. The molecule has 0 fully saturated rings. The van der Waals surface area contributed by atoms with Crippen molar-refractivity contribution in [3.8, 4) is 0 Å². The first-order chi connectivity index (χ1) is 6.67. The summed E-state index contributed by atoms with van der Waals surface area (Å²) >= 11 is 8.69. The third kappa shape index (κ3) is 6.24. The van der Waals surface area contributed by atoms with Crippen LogP contribution in [0.2, 0.25) is 0 Å². The van der Waals surface area contributed by atoms with Gasteiger partial charge in [0.1, 0.15) is 3.53 Å². The summed E-state index contributed by atoms with van der Waals surface area (Å²) in [4.78, 5) is 0. The molecule has 0 heterocycles. The molecule has 0 unspecified atom stereocenters. The smallest absolute Gasteiger partial charge is 0.134 e. The highest BCUT2D eigenvalue weighted by atomic mass is 32.2. The van der Waals surface area contributed by atoms with Crippen molar-refractivity contribution in [3.63, 3.8) is 0 Å². The van der Waals surface area contributed by atoms with E-state index < -0.39 is 0 Å². The fourth-order valence-electron chi connectivity index (χ4n) is 0.933. The molecule has 0 saturated heterocycles. The predicted octanol–water partition coefficient (Wildman–Crippen LogP) is 3.25. The number of hydrogen-bond donors (Lipinski definition) is 0. The van der Waals surface area contributed by atoms with Crippen molar-refractivity contribution in [1.29, 1.82) is 0 Å². The Bertz CT molecular complexity index is 140. The predicted molar refractivity (Wildman–Crippen MR) is 73.6 cm³/mol. The summed E-state index contributed by atoms with van der Waals surface area (Å²) < 4.78 is 5.52. The van der Waals surface area contributed by atoms with Gasteiger partial charge in [-0.25, -0.2) is 8.61 Å². The first-order valence-corrected chi connectivity index (χ1v) is 7.03. The molecule has 2 nitrogen and oxygen atoms in total. The zero-order valence-corrected chi connectivity index (χ0v) is 11.9. The monoisotopic (exact) mass is 252 g/mol. The van der Waals surface area contributed by atoms with Gasteiger partial charge in [-0.15, -0.1) is 0 Å². The lowest BCUT2D eigenvalue weighted by Crippen LogP contribution is -2.19. The van der Waals surface area contributed by atoms with Gasteiger partial charge in [0.25, 0.3) is 0 Å². The molecule has 0 aromatic carbocycles. The summed E-state index contributed by atoms with van der Waals surface area (Å²) in [5.74, 6) is 0. The minimum Gasteiger partial charge on any atom is -0.246 e. The normalized spacial score (nSPS) is 11.3. The van der Waals surface area contributed by atoms with Crippen LogP contribution in [0.25, 0.3) is 0 Å². The lowest BCUT2D eigenvalue weighted by Gasteiger charge is -2.20. The number of rotatable bonds is 6. The lowest BCUT2D eigenvalue weighted by atomic mass is 10.7. The largest absolute Gasteiger partial charge is 0.246 e. The molecule has 14 heavy (non-hydrogen) atoms. The van der Waals surface area contributed by atoms with E-state index in [4.69, 9.17) is 12.2 Å². The third-order valence-electron chi connectivity index (χ3n) is 1.82. The maximum atomic E-state index is 5.31. The fourth-order valence-corrected chi connectivity index (χ4v) is 3.27. The van der Waals surface area contributed by atoms with Crippen LogP contribution in [0.3, 0.4) is 0 Å². The van der Waals surface area contributed by atoms with E-state index >= 15 is 0 Å². The van der Waals surface area contributed by atoms with Gasteiger partial charge in [0.05, 0.1) is 0 Å². The molecule has 0 atom stereocenters. The van der Waals surface area contributed by atoms with E-state index in [0.29, 0.717) is 0 Å². The Morgan fingerprint density at radius 1 is 0.857 bits per heavy atom. The quantitative estimate of drug-likeness (QED) is 0.527. The van der Waals surface area contributed by atoms with Crippen LogP contribution in [-0.2, 0) is 0 Å². The number of thiocarbonyl (C=S) groups is 1. The maximum Gasteiger partial charge on any atom is 0.134 e. The van der Waals surface area contributed by atoms with Crippen molar-refractivity contribution in [2.24, 2.45) is 0 Å². The van der Waals surface area contributed by atoms with Gasteiger partial charge in [-0.3, -0.25) is 0 Å². The Kier molecular flexibility index (Phi) is 9.43. The third-order valence-corrected chi connectivity index (χ3v) is 4.56. The summed E-state index contributed by atoms with van der Waals surface area (Å²) in [6.45, 7) is 12.8. The average molecular weight is 252 g/mol. The zero-order valence-electron chi connectivity index (χ0n) is 9.45. The molecule has 0 aliphatic rings. The molecule has 0 radical (unpaired) electrons. The zero-order chi connectivity index (χ0) is 11.0. The van der Waals surface area contributed by atoms with E-state index in [9.17, 15) is 0 Å². The maximum absolute atomic E-state index is 5.31. The molecular formula is C9H20N2S3. The van der Waals surface area contributed by atoms with Crippen molar-refractivity contribution in [2.45, 2.75) is 27.7 Å². The van der Waals surface area contributed by atoms with Crippen LogP contribution < -0.4 is 0 Å². The van der Waals surface area contributed by atoms with Gasteiger partial charge < -0.3 is 0 Å². The van der Waals surface area contributed by atoms with Crippen molar-refractivity contribution in [1.82, 2.24) is 8.61 Å². The van der Waals surface area contributed by atoms with Crippen molar-refractivity contribution in [3.05, 3.63) is 0 Å². The summed E-state index contributed by atoms with van der Waals surface area (Å²) in [5.41, 5.74) is 0. The molecule has 0 amide bonds. The molecule has 84 valence electrons. The van der Waals surface area contributed by atoms with Crippen molar-refractivity contribution < 1.29 is 0 Å². The van der Waals surface area contributed by atoms with Gasteiger partial charge in [0.2, 0.25) is 0 Å². The van der Waals surface area contributed by atoms with Gasteiger partial charge in [0, 0.05) is 26.2 Å². The molecule has 0 aromatic heterocycles. The molecule has 0 aromatic rings. The topological polar surface area (TPSA) is 6.48 Å². The summed E-state index contributed by atoms with van der Waals surface area (Å²) in [6.07, 6.45) is 0. The molecule has 0 N–H and O–H groups in total. The first-order valence-electron chi connectivity index (χ1n) is 5.07. The molecule has 0 spiro atoms. The average Bonchev–Trinajstić information content (AvgIpc) is 2.22. The van der Waals surface area contributed by atoms with Crippen LogP contribution in [0.15, 0.2) is 0 Å². The van der Waals surface area contributed by atoms with Gasteiger partial charge in [-0.1, -0.05) is 39.9 Å². The Morgan fingerprint density at radius 2 is 1.14 bits per heavy atom. The van der Waals surface area contributed by atoms with Gasteiger partial charge in [-0.2, -0.15) is 0 Å². The minimum atomic E-state index is 0.998. The summed E-state index contributed by atoms with van der Waals surface area (Å²) in [5, 5.41) is 0. The van der Waals surface area contributed by atoms with E-state index in [1.807, 2.05) is 0 Å². The van der Waals surface area contributed by atoms with Gasteiger partial charge in [-0.05, 0) is 23.9 Å². The van der Waals surface area contributed by atoms with Crippen molar-refractivity contribution in [2.75, 3.05) is 26.2 Å². The van der Waals surface area contributed by atoms with Crippen LogP contribution in [0.4, 0.5) is 0 Å². The second kappa shape index (κ2) is 8.97. The summed E-state index contributed by atoms with van der Waals surface area (Å²) in [7, 11) is 0. The molecular weight excluding hydrogens is 232 g/mol. The second-order valence-electron chi connectivity index (χ2n) is 2.66. The molecule has 0 rings (SSSR count). The second-order valence-corrected chi connectivity index (χ2v) is 6.06. The van der Waals surface area contributed by atoms with E-state index in [1.54, 1.807) is 23.9 Å². The molecule has 0 bridgehead atoms. The Balaban J connectivity index is 3.83. The van der Waals surface area contributed by atoms with Crippen molar-refractivity contribution >= 4 is 39.6 Å². The van der Waals surface area contributed by atoms with Crippen LogP contribution in [-0.4, -0.2) is 38.3 Å². The van der Waals surface area contributed by atoms with Crippen LogP contribution in [0.5, 0.6) is 0 Å². The first kappa shape index (κ1) is 14.7. The van der Waals surface area contributed by atoms with E-state index in [0.717, 1.165) is 29.7 Å². The Hall–Kier alpha value is 0.710. The molecule has 0 aliphatic heterocycles. The van der Waals surface area contributed by atoms with E-state index in [1.165, 1.54) is 0 Å². The molecule has 0 saturated carbocycles. The highest BCUT2D eigenvalue weighted by Gasteiger charge is 2.09.